The molecule has 0 aliphatic rings. The van der Waals surface area contributed by atoms with Crippen molar-refractivity contribution in [2.24, 2.45) is 0 Å². The lowest BCUT2D eigenvalue weighted by atomic mass is 10.1. The van der Waals surface area contributed by atoms with Gasteiger partial charge in [-0.15, -0.1) is 11.3 Å². The molecule has 3 aromatic rings. The first-order chi connectivity index (χ1) is 11.6. The fraction of sp³-hybridized carbons (Fsp3) is 0.176. The van der Waals surface area contributed by atoms with Crippen LogP contribution in [0.5, 0.6) is 0 Å². The second-order valence-corrected chi connectivity index (χ2v) is 6.09. The minimum Gasteiger partial charge on any atom is -0.339 e. The van der Waals surface area contributed by atoms with Gasteiger partial charge in [0.2, 0.25) is 17.6 Å². The van der Waals surface area contributed by atoms with Gasteiger partial charge in [0.05, 0.1) is 10.6 Å². The standard InChI is InChI=1S/C17H15N3O3S/c1-11(21)12-5-2-3-6-13(12)18-15(22)8-9-16-19-17(20-23-16)14-7-4-10-24-14/h2-7,10H,8-9H2,1H3,(H,18,22). The van der Waals surface area contributed by atoms with Gasteiger partial charge in [-0.25, -0.2) is 0 Å². The summed E-state index contributed by atoms with van der Waals surface area (Å²) in [5.74, 6) is 0.638. The van der Waals surface area contributed by atoms with Crippen LogP contribution in [0.4, 0.5) is 5.69 Å². The molecule has 0 saturated carbocycles. The van der Waals surface area contributed by atoms with Gasteiger partial charge < -0.3 is 9.84 Å². The number of thiophene rings is 1. The van der Waals surface area contributed by atoms with Crippen molar-refractivity contribution in [1.29, 1.82) is 0 Å². The van der Waals surface area contributed by atoms with Crippen molar-refractivity contribution >= 4 is 28.7 Å². The number of para-hydroxylation sites is 1. The van der Waals surface area contributed by atoms with E-state index in [-0.39, 0.29) is 18.1 Å². The van der Waals surface area contributed by atoms with Crippen LogP contribution in [0.1, 0.15) is 29.6 Å². The molecule has 0 radical (unpaired) electrons. The normalized spacial score (nSPS) is 10.5. The van der Waals surface area contributed by atoms with E-state index in [4.69, 9.17) is 4.52 Å². The Kier molecular flexibility index (Phi) is 4.81. The minimum atomic E-state index is -0.209. The van der Waals surface area contributed by atoms with Gasteiger partial charge in [-0.2, -0.15) is 4.98 Å². The summed E-state index contributed by atoms with van der Waals surface area (Å²) in [5.41, 5.74) is 1.00. The summed E-state index contributed by atoms with van der Waals surface area (Å²) in [6.45, 7) is 1.47. The topological polar surface area (TPSA) is 85.1 Å². The molecule has 0 saturated heterocycles. The third kappa shape index (κ3) is 3.75. The first kappa shape index (κ1) is 16.1. The van der Waals surface area contributed by atoms with E-state index in [1.807, 2.05) is 17.5 Å². The number of nitrogens with zero attached hydrogens (tertiary/aromatic N) is 2. The number of anilines is 1. The molecule has 0 bridgehead atoms. The van der Waals surface area contributed by atoms with E-state index in [1.165, 1.54) is 18.3 Å². The van der Waals surface area contributed by atoms with Crippen LogP contribution < -0.4 is 5.32 Å². The van der Waals surface area contributed by atoms with Gasteiger partial charge in [-0.1, -0.05) is 23.4 Å². The Balaban J connectivity index is 1.59. The van der Waals surface area contributed by atoms with Crippen LogP contribution in [-0.4, -0.2) is 21.8 Å². The largest absolute Gasteiger partial charge is 0.339 e. The van der Waals surface area contributed by atoms with Gasteiger partial charge in [0.15, 0.2) is 5.78 Å². The summed E-state index contributed by atoms with van der Waals surface area (Å²) >= 11 is 1.52. The third-order valence-electron chi connectivity index (χ3n) is 3.36. The van der Waals surface area contributed by atoms with Gasteiger partial charge >= 0.3 is 0 Å². The highest BCUT2D eigenvalue weighted by Crippen LogP contribution is 2.21. The summed E-state index contributed by atoms with van der Waals surface area (Å²) in [7, 11) is 0. The van der Waals surface area contributed by atoms with Crippen LogP contribution in [0, 0.1) is 0 Å². The highest BCUT2D eigenvalue weighted by atomic mass is 32.1. The zero-order chi connectivity index (χ0) is 16.9. The zero-order valence-electron chi connectivity index (χ0n) is 13.0. The second kappa shape index (κ2) is 7.18. The molecule has 122 valence electrons. The Labute approximate surface area is 142 Å². The minimum absolute atomic E-state index is 0.0941. The number of hydrogen-bond acceptors (Lipinski definition) is 6. The number of carbonyl (C=O) groups is 2. The van der Waals surface area contributed by atoms with E-state index in [0.717, 1.165) is 4.88 Å². The van der Waals surface area contributed by atoms with E-state index >= 15 is 0 Å². The second-order valence-electron chi connectivity index (χ2n) is 5.14. The average Bonchev–Trinajstić information content (AvgIpc) is 3.24. The molecule has 0 atom stereocenters. The monoisotopic (exact) mass is 341 g/mol. The summed E-state index contributed by atoms with van der Waals surface area (Å²) < 4.78 is 5.16. The van der Waals surface area contributed by atoms with Crippen molar-refractivity contribution in [2.45, 2.75) is 19.8 Å². The van der Waals surface area contributed by atoms with Crippen molar-refractivity contribution in [3.05, 3.63) is 53.2 Å². The van der Waals surface area contributed by atoms with Crippen molar-refractivity contribution < 1.29 is 14.1 Å². The van der Waals surface area contributed by atoms with Crippen LogP contribution in [0.25, 0.3) is 10.7 Å². The molecule has 0 spiro atoms. The van der Waals surface area contributed by atoms with Gasteiger partial charge in [-0.3, -0.25) is 9.59 Å². The zero-order valence-corrected chi connectivity index (χ0v) is 13.8. The molecule has 3 rings (SSSR count). The number of rotatable bonds is 6. The Morgan fingerprint density at radius 2 is 2.04 bits per heavy atom. The molecule has 0 aliphatic heterocycles. The number of carbonyl (C=O) groups excluding carboxylic acids is 2. The molecule has 0 fully saturated rings. The maximum absolute atomic E-state index is 12.1. The van der Waals surface area contributed by atoms with Crippen LogP contribution in [-0.2, 0) is 11.2 Å². The number of aromatic nitrogens is 2. The lowest BCUT2D eigenvalue weighted by Gasteiger charge is -2.08. The molecule has 7 heteroatoms. The Bertz CT molecular complexity index is 856. The fourth-order valence-corrected chi connectivity index (χ4v) is 2.84. The highest BCUT2D eigenvalue weighted by Gasteiger charge is 2.13. The maximum atomic E-state index is 12.1. The van der Waals surface area contributed by atoms with Gasteiger partial charge in [0.1, 0.15) is 0 Å². The predicted octanol–water partition coefficient (Wildman–Crippen LogP) is 3.57. The number of Topliss-reactive ketones (excluding diaryl/α,β-unsaturated/α-hetero) is 1. The molecular formula is C17H15N3O3S. The SMILES string of the molecule is CC(=O)c1ccccc1NC(=O)CCc1nc(-c2cccs2)no1. The first-order valence-corrected chi connectivity index (χ1v) is 8.28. The first-order valence-electron chi connectivity index (χ1n) is 7.40. The van der Waals surface area contributed by atoms with Crippen LogP contribution in [0.2, 0.25) is 0 Å². The molecule has 1 amide bonds. The predicted molar refractivity (Wildman–Crippen MR) is 91.0 cm³/mol. The molecule has 2 aromatic heterocycles. The van der Waals surface area contributed by atoms with Crippen molar-refractivity contribution in [2.75, 3.05) is 5.32 Å². The van der Waals surface area contributed by atoms with Crippen LogP contribution >= 0.6 is 11.3 Å². The lowest BCUT2D eigenvalue weighted by molar-refractivity contribution is -0.116. The third-order valence-corrected chi connectivity index (χ3v) is 4.22. The molecule has 6 nitrogen and oxygen atoms in total. The smallest absolute Gasteiger partial charge is 0.227 e. The quantitative estimate of drug-likeness (QED) is 0.693. The summed E-state index contributed by atoms with van der Waals surface area (Å²) in [4.78, 5) is 28.8. The Hall–Kier alpha value is -2.80. The lowest BCUT2D eigenvalue weighted by Crippen LogP contribution is -2.14. The van der Waals surface area contributed by atoms with Gasteiger partial charge in [0, 0.05) is 18.4 Å². The number of amides is 1. The molecule has 0 unspecified atom stereocenters. The Morgan fingerprint density at radius 3 is 2.79 bits per heavy atom. The van der Waals surface area contributed by atoms with Crippen LogP contribution in [0.3, 0.4) is 0 Å². The van der Waals surface area contributed by atoms with Crippen molar-refractivity contribution in [3.8, 4) is 10.7 Å². The number of benzene rings is 1. The summed E-state index contributed by atoms with van der Waals surface area (Å²) in [6.07, 6.45) is 0.532. The van der Waals surface area contributed by atoms with E-state index in [1.54, 1.807) is 24.3 Å². The number of nitrogens with one attached hydrogen (secondary N) is 1. The van der Waals surface area contributed by atoms with E-state index in [2.05, 4.69) is 15.5 Å². The van der Waals surface area contributed by atoms with E-state index in [0.29, 0.717) is 29.4 Å². The maximum Gasteiger partial charge on any atom is 0.227 e. The molecule has 1 N–H and O–H groups in total. The van der Waals surface area contributed by atoms with Crippen molar-refractivity contribution in [3.63, 3.8) is 0 Å². The summed E-state index contributed by atoms with van der Waals surface area (Å²) in [6, 6.07) is 10.7. The van der Waals surface area contributed by atoms with Crippen LogP contribution in [0.15, 0.2) is 46.3 Å². The number of hydrogen-bond donors (Lipinski definition) is 1. The fourth-order valence-electron chi connectivity index (χ4n) is 2.19. The van der Waals surface area contributed by atoms with E-state index in [9.17, 15) is 9.59 Å². The average molecular weight is 341 g/mol. The van der Waals surface area contributed by atoms with E-state index < -0.39 is 0 Å². The van der Waals surface area contributed by atoms with Gasteiger partial charge in [-0.05, 0) is 30.5 Å². The summed E-state index contributed by atoms with van der Waals surface area (Å²) in [5, 5.41) is 8.59. The molecule has 2 heterocycles. The highest BCUT2D eigenvalue weighted by molar-refractivity contribution is 7.13. The number of aryl methyl sites for hydroxylation is 1. The van der Waals surface area contributed by atoms with Crippen molar-refractivity contribution in [1.82, 2.24) is 10.1 Å². The Morgan fingerprint density at radius 1 is 1.21 bits per heavy atom. The molecule has 0 aliphatic carbocycles. The van der Waals surface area contributed by atoms with Gasteiger partial charge in [0.25, 0.3) is 0 Å². The number of ketones is 1. The molecule has 1 aromatic carbocycles. The molecule has 24 heavy (non-hydrogen) atoms. The molecular weight excluding hydrogens is 326 g/mol.